The standard InChI is InChI=1S/C15H31N/c1-4-6-8-9-11-15(3,10-7-5-2)14-12-16-13-14/h14,16H,4-13H2,1-3H3. The van der Waals surface area contributed by atoms with Gasteiger partial charge in [0.05, 0.1) is 0 Å². The molecule has 1 atom stereocenters. The molecule has 0 aliphatic carbocycles. The molecule has 0 saturated carbocycles. The summed E-state index contributed by atoms with van der Waals surface area (Å²) in [6, 6.07) is 0. The van der Waals surface area contributed by atoms with Gasteiger partial charge in [0, 0.05) is 0 Å². The van der Waals surface area contributed by atoms with E-state index in [1.54, 1.807) is 0 Å². The summed E-state index contributed by atoms with van der Waals surface area (Å²) >= 11 is 0. The van der Waals surface area contributed by atoms with Crippen LogP contribution in [0.1, 0.15) is 72.1 Å². The third kappa shape index (κ3) is 4.08. The van der Waals surface area contributed by atoms with Gasteiger partial charge in [0.1, 0.15) is 0 Å². The maximum atomic E-state index is 3.44. The molecule has 1 saturated heterocycles. The van der Waals surface area contributed by atoms with Gasteiger partial charge >= 0.3 is 0 Å². The Kier molecular flexibility index (Phi) is 6.41. The highest BCUT2D eigenvalue weighted by Gasteiger charge is 2.36. The second-order valence-corrected chi connectivity index (χ2v) is 5.92. The van der Waals surface area contributed by atoms with E-state index in [0.29, 0.717) is 5.41 Å². The van der Waals surface area contributed by atoms with E-state index in [-0.39, 0.29) is 0 Å². The van der Waals surface area contributed by atoms with Crippen molar-refractivity contribution in [3.63, 3.8) is 0 Å². The lowest BCUT2D eigenvalue weighted by Crippen LogP contribution is -2.50. The Morgan fingerprint density at radius 1 is 0.938 bits per heavy atom. The average molecular weight is 225 g/mol. The summed E-state index contributed by atoms with van der Waals surface area (Å²) in [5.74, 6) is 0.959. The van der Waals surface area contributed by atoms with E-state index >= 15 is 0 Å². The lowest BCUT2D eigenvalue weighted by molar-refractivity contribution is 0.0951. The fourth-order valence-electron chi connectivity index (χ4n) is 2.85. The van der Waals surface area contributed by atoms with Gasteiger partial charge in [-0.1, -0.05) is 59.3 Å². The van der Waals surface area contributed by atoms with Crippen LogP contribution in [0.3, 0.4) is 0 Å². The van der Waals surface area contributed by atoms with Gasteiger partial charge in [-0.2, -0.15) is 0 Å². The topological polar surface area (TPSA) is 12.0 Å². The van der Waals surface area contributed by atoms with E-state index < -0.39 is 0 Å². The molecule has 1 unspecified atom stereocenters. The minimum Gasteiger partial charge on any atom is -0.316 e. The molecule has 0 bridgehead atoms. The first kappa shape index (κ1) is 14.0. The van der Waals surface area contributed by atoms with Crippen LogP contribution in [-0.2, 0) is 0 Å². The first-order valence-electron chi connectivity index (χ1n) is 7.43. The first-order valence-corrected chi connectivity index (χ1v) is 7.43. The fourth-order valence-corrected chi connectivity index (χ4v) is 2.85. The summed E-state index contributed by atoms with van der Waals surface area (Å²) in [6.07, 6.45) is 11.3. The number of unbranched alkanes of at least 4 members (excludes halogenated alkanes) is 4. The molecule has 16 heavy (non-hydrogen) atoms. The SMILES string of the molecule is CCCCCCC(C)(CCCC)C1CNC1. The fraction of sp³-hybridized carbons (Fsp3) is 1.00. The van der Waals surface area contributed by atoms with Crippen LogP contribution in [0.5, 0.6) is 0 Å². The van der Waals surface area contributed by atoms with Crippen LogP contribution in [0.25, 0.3) is 0 Å². The predicted molar refractivity (Wildman–Crippen MR) is 72.8 cm³/mol. The number of hydrogen-bond donors (Lipinski definition) is 1. The van der Waals surface area contributed by atoms with Gasteiger partial charge in [0.2, 0.25) is 0 Å². The molecule has 96 valence electrons. The lowest BCUT2D eigenvalue weighted by atomic mass is 9.67. The molecular weight excluding hydrogens is 194 g/mol. The van der Waals surface area contributed by atoms with Crippen molar-refractivity contribution in [3.8, 4) is 0 Å². The monoisotopic (exact) mass is 225 g/mol. The van der Waals surface area contributed by atoms with Gasteiger partial charge in [-0.05, 0) is 37.3 Å². The van der Waals surface area contributed by atoms with Gasteiger partial charge in [-0.3, -0.25) is 0 Å². The molecule has 1 aliphatic rings. The Bertz CT molecular complexity index is 174. The van der Waals surface area contributed by atoms with Gasteiger partial charge in [-0.25, -0.2) is 0 Å². The summed E-state index contributed by atoms with van der Waals surface area (Å²) in [4.78, 5) is 0. The van der Waals surface area contributed by atoms with Crippen molar-refractivity contribution in [1.82, 2.24) is 5.32 Å². The van der Waals surface area contributed by atoms with E-state index in [4.69, 9.17) is 0 Å². The maximum Gasteiger partial charge on any atom is -0.000302 e. The van der Waals surface area contributed by atoms with Gasteiger partial charge in [0.15, 0.2) is 0 Å². The molecule has 0 aromatic rings. The maximum absolute atomic E-state index is 3.44. The third-order valence-electron chi connectivity index (χ3n) is 4.47. The van der Waals surface area contributed by atoms with Crippen LogP contribution in [-0.4, -0.2) is 13.1 Å². The van der Waals surface area contributed by atoms with E-state index in [2.05, 4.69) is 26.1 Å². The normalized spacial score (nSPS) is 20.4. The highest BCUT2D eigenvalue weighted by atomic mass is 15.0. The third-order valence-corrected chi connectivity index (χ3v) is 4.47. The van der Waals surface area contributed by atoms with Crippen LogP contribution in [0.4, 0.5) is 0 Å². The molecule has 0 aromatic heterocycles. The van der Waals surface area contributed by atoms with E-state index in [0.717, 1.165) is 5.92 Å². The molecule has 0 amide bonds. The second kappa shape index (κ2) is 7.32. The van der Waals surface area contributed by atoms with Gasteiger partial charge in [0.25, 0.3) is 0 Å². The summed E-state index contributed by atoms with van der Waals surface area (Å²) in [5.41, 5.74) is 0.634. The summed E-state index contributed by atoms with van der Waals surface area (Å²) in [7, 11) is 0. The number of hydrogen-bond acceptors (Lipinski definition) is 1. The minimum absolute atomic E-state index is 0.634. The Hall–Kier alpha value is -0.0400. The van der Waals surface area contributed by atoms with Crippen molar-refractivity contribution in [3.05, 3.63) is 0 Å². The molecule has 1 heterocycles. The molecular formula is C15H31N. The largest absolute Gasteiger partial charge is 0.316 e. The van der Waals surface area contributed by atoms with Crippen molar-refractivity contribution in [2.75, 3.05) is 13.1 Å². The molecule has 1 nitrogen and oxygen atoms in total. The van der Waals surface area contributed by atoms with Crippen molar-refractivity contribution < 1.29 is 0 Å². The zero-order valence-corrected chi connectivity index (χ0v) is 11.6. The predicted octanol–water partition coefficient (Wildman–Crippen LogP) is 4.37. The second-order valence-electron chi connectivity index (χ2n) is 5.92. The zero-order valence-electron chi connectivity index (χ0n) is 11.6. The van der Waals surface area contributed by atoms with Crippen molar-refractivity contribution >= 4 is 0 Å². The molecule has 1 heteroatoms. The average Bonchev–Trinajstić information content (AvgIpc) is 2.19. The molecule has 1 fully saturated rings. The van der Waals surface area contributed by atoms with E-state index in [9.17, 15) is 0 Å². The Morgan fingerprint density at radius 3 is 2.06 bits per heavy atom. The highest BCUT2D eigenvalue weighted by Crippen LogP contribution is 2.40. The van der Waals surface area contributed by atoms with Crippen LogP contribution in [0.15, 0.2) is 0 Å². The van der Waals surface area contributed by atoms with E-state index in [1.165, 1.54) is 64.5 Å². The molecule has 0 spiro atoms. The van der Waals surface area contributed by atoms with Crippen molar-refractivity contribution in [2.24, 2.45) is 11.3 Å². The van der Waals surface area contributed by atoms with Crippen LogP contribution < -0.4 is 5.32 Å². The molecule has 1 aliphatic heterocycles. The Balaban J connectivity index is 2.30. The molecule has 1 rings (SSSR count). The van der Waals surface area contributed by atoms with Crippen molar-refractivity contribution in [1.29, 1.82) is 0 Å². The van der Waals surface area contributed by atoms with E-state index in [1.807, 2.05) is 0 Å². The molecule has 1 N–H and O–H groups in total. The highest BCUT2D eigenvalue weighted by molar-refractivity contribution is 4.90. The quantitative estimate of drug-likeness (QED) is 0.574. The lowest BCUT2D eigenvalue weighted by Gasteiger charge is -2.44. The minimum atomic E-state index is 0.634. The summed E-state index contributed by atoms with van der Waals surface area (Å²) in [6.45, 7) is 9.70. The number of rotatable bonds is 9. The Morgan fingerprint density at radius 2 is 1.56 bits per heavy atom. The number of nitrogens with one attached hydrogen (secondary N) is 1. The Labute approximate surface area is 102 Å². The van der Waals surface area contributed by atoms with Crippen LogP contribution in [0, 0.1) is 11.3 Å². The smallest absolute Gasteiger partial charge is 0.000302 e. The first-order chi connectivity index (χ1) is 7.73. The summed E-state index contributed by atoms with van der Waals surface area (Å²) < 4.78 is 0. The van der Waals surface area contributed by atoms with Gasteiger partial charge < -0.3 is 5.32 Å². The zero-order chi connectivity index (χ0) is 11.9. The van der Waals surface area contributed by atoms with Crippen LogP contribution in [0.2, 0.25) is 0 Å². The van der Waals surface area contributed by atoms with Crippen LogP contribution >= 0.6 is 0 Å². The summed E-state index contributed by atoms with van der Waals surface area (Å²) in [5, 5.41) is 3.44. The molecule has 0 radical (unpaired) electrons. The van der Waals surface area contributed by atoms with Gasteiger partial charge in [-0.15, -0.1) is 0 Å². The molecule has 0 aromatic carbocycles. The van der Waals surface area contributed by atoms with Crippen molar-refractivity contribution in [2.45, 2.75) is 72.1 Å².